The van der Waals surface area contributed by atoms with E-state index in [1.807, 2.05) is 20.3 Å². The third-order valence-corrected chi connectivity index (χ3v) is 4.50. The second-order valence-electron chi connectivity index (χ2n) is 4.04. The van der Waals surface area contributed by atoms with Gasteiger partial charge in [0.2, 0.25) is 0 Å². The van der Waals surface area contributed by atoms with Crippen molar-refractivity contribution in [1.29, 1.82) is 0 Å². The minimum absolute atomic E-state index is 0.0655. The van der Waals surface area contributed by atoms with Crippen LogP contribution in [-0.2, 0) is 16.9 Å². The first-order valence-corrected chi connectivity index (χ1v) is 7.54. The molecule has 0 spiro atoms. The molecule has 1 heterocycles. The first kappa shape index (κ1) is 14.1. The standard InChI is InChI=1S/C10H20N4O2S/c1-4-17(15,16)7-5-6-9(11-2)10-8-14(3)13-12-10/h8-9,11H,4-7H2,1-3H3. The van der Waals surface area contributed by atoms with Gasteiger partial charge in [-0.25, -0.2) is 8.42 Å². The maximum atomic E-state index is 11.4. The molecule has 1 aromatic rings. The van der Waals surface area contributed by atoms with Gasteiger partial charge in [0.15, 0.2) is 0 Å². The fourth-order valence-electron chi connectivity index (χ4n) is 1.62. The maximum Gasteiger partial charge on any atom is 0.150 e. The molecular formula is C10H20N4O2S. The summed E-state index contributed by atoms with van der Waals surface area (Å²) in [6.07, 6.45) is 3.22. The Bertz CT molecular complexity index is 441. The second-order valence-corrected chi connectivity index (χ2v) is 6.51. The van der Waals surface area contributed by atoms with Gasteiger partial charge in [0, 0.05) is 19.0 Å². The van der Waals surface area contributed by atoms with E-state index in [0.717, 1.165) is 12.1 Å². The third-order valence-electron chi connectivity index (χ3n) is 2.71. The molecule has 6 nitrogen and oxygen atoms in total. The Hall–Kier alpha value is -0.950. The first-order chi connectivity index (χ1) is 7.98. The van der Waals surface area contributed by atoms with E-state index in [2.05, 4.69) is 15.6 Å². The van der Waals surface area contributed by atoms with Crippen molar-refractivity contribution in [3.63, 3.8) is 0 Å². The van der Waals surface area contributed by atoms with Gasteiger partial charge >= 0.3 is 0 Å². The lowest BCUT2D eigenvalue weighted by Crippen LogP contribution is -2.18. The van der Waals surface area contributed by atoms with Crippen LogP contribution in [0.3, 0.4) is 0 Å². The Balaban J connectivity index is 2.49. The van der Waals surface area contributed by atoms with Gasteiger partial charge in [0.1, 0.15) is 9.84 Å². The maximum absolute atomic E-state index is 11.4. The van der Waals surface area contributed by atoms with Gasteiger partial charge in [0.25, 0.3) is 0 Å². The predicted octanol–water partition coefficient (Wildman–Crippen LogP) is 0.291. The third kappa shape index (κ3) is 4.43. The molecule has 0 aliphatic rings. The molecule has 17 heavy (non-hydrogen) atoms. The number of sulfone groups is 1. The zero-order chi connectivity index (χ0) is 12.9. The number of nitrogens with zero attached hydrogens (tertiary/aromatic N) is 3. The van der Waals surface area contributed by atoms with E-state index in [0.29, 0.717) is 6.42 Å². The quantitative estimate of drug-likeness (QED) is 0.762. The average Bonchev–Trinajstić information content (AvgIpc) is 2.71. The number of nitrogens with one attached hydrogen (secondary N) is 1. The van der Waals surface area contributed by atoms with Gasteiger partial charge in [-0.05, 0) is 19.9 Å². The zero-order valence-corrected chi connectivity index (χ0v) is 11.4. The fraction of sp³-hybridized carbons (Fsp3) is 0.800. The van der Waals surface area contributed by atoms with Gasteiger partial charge in [-0.1, -0.05) is 12.1 Å². The molecule has 1 rings (SSSR count). The molecule has 98 valence electrons. The van der Waals surface area contributed by atoms with Crippen molar-refractivity contribution in [1.82, 2.24) is 20.3 Å². The van der Waals surface area contributed by atoms with Crippen molar-refractivity contribution in [2.45, 2.75) is 25.8 Å². The van der Waals surface area contributed by atoms with Crippen LogP contribution in [0.5, 0.6) is 0 Å². The molecule has 1 N–H and O–H groups in total. The molecule has 1 atom stereocenters. The summed E-state index contributed by atoms with van der Waals surface area (Å²) in [5, 5.41) is 11.0. The highest BCUT2D eigenvalue weighted by molar-refractivity contribution is 7.91. The lowest BCUT2D eigenvalue weighted by molar-refractivity contribution is 0.523. The van der Waals surface area contributed by atoms with Crippen molar-refractivity contribution in [2.24, 2.45) is 7.05 Å². The number of aryl methyl sites for hydroxylation is 1. The average molecular weight is 260 g/mol. The van der Waals surface area contributed by atoms with Crippen LogP contribution in [0.1, 0.15) is 31.5 Å². The molecule has 0 amide bonds. The summed E-state index contributed by atoms with van der Waals surface area (Å²) < 4.78 is 24.4. The van der Waals surface area contributed by atoms with Crippen molar-refractivity contribution in [2.75, 3.05) is 18.6 Å². The first-order valence-electron chi connectivity index (χ1n) is 5.72. The Morgan fingerprint density at radius 1 is 1.53 bits per heavy atom. The fourth-order valence-corrected chi connectivity index (χ4v) is 2.51. The van der Waals surface area contributed by atoms with E-state index in [9.17, 15) is 8.42 Å². The summed E-state index contributed by atoms with van der Waals surface area (Å²) in [5.74, 6) is 0.449. The van der Waals surface area contributed by atoms with E-state index in [4.69, 9.17) is 0 Å². The van der Waals surface area contributed by atoms with Gasteiger partial charge in [-0.15, -0.1) is 5.10 Å². The molecule has 0 saturated carbocycles. The monoisotopic (exact) mass is 260 g/mol. The minimum Gasteiger partial charge on any atom is -0.312 e. The number of rotatable bonds is 7. The van der Waals surface area contributed by atoms with Crippen molar-refractivity contribution in [3.05, 3.63) is 11.9 Å². The number of aromatic nitrogens is 3. The van der Waals surface area contributed by atoms with Crippen molar-refractivity contribution in [3.8, 4) is 0 Å². The van der Waals surface area contributed by atoms with E-state index in [1.165, 1.54) is 0 Å². The molecule has 0 aromatic carbocycles. The number of hydrogen-bond donors (Lipinski definition) is 1. The molecule has 1 aromatic heterocycles. The molecule has 0 aliphatic carbocycles. The van der Waals surface area contributed by atoms with Gasteiger partial charge in [-0.2, -0.15) is 0 Å². The SMILES string of the molecule is CCS(=O)(=O)CCCC(NC)c1cn(C)nn1. The Labute approximate surface area is 102 Å². The van der Waals surface area contributed by atoms with Crippen LogP contribution in [0.2, 0.25) is 0 Å². The van der Waals surface area contributed by atoms with Crippen LogP contribution < -0.4 is 5.32 Å². The summed E-state index contributed by atoms with van der Waals surface area (Å²) in [7, 11) is 0.782. The van der Waals surface area contributed by atoms with Crippen LogP contribution in [0.25, 0.3) is 0 Å². The highest BCUT2D eigenvalue weighted by Gasteiger charge is 2.14. The molecule has 0 bridgehead atoms. The minimum atomic E-state index is -2.87. The molecule has 7 heteroatoms. The molecule has 0 aliphatic heterocycles. The van der Waals surface area contributed by atoms with Crippen LogP contribution in [-0.4, -0.2) is 42.0 Å². The van der Waals surface area contributed by atoms with Crippen LogP contribution >= 0.6 is 0 Å². The molecular weight excluding hydrogens is 240 g/mol. The van der Waals surface area contributed by atoms with Crippen molar-refractivity contribution >= 4 is 9.84 Å². The summed E-state index contributed by atoms with van der Waals surface area (Å²) in [4.78, 5) is 0. The normalized spacial score (nSPS) is 13.8. The lowest BCUT2D eigenvalue weighted by Gasteiger charge is -2.12. The lowest BCUT2D eigenvalue weighted by atomic mass is 10.1. The van der Waals surface area contributed by atoms with Gasteiger partial charge < -0.3 is 5.32 Å². The second kappa shape index (κ2) is 6.11. The van der Waals surface area contributed by atoms with E-state index >= 15 is 0 Å². The molecule has 1 unspecified atom stereocenters. The largest absolute Gasteiger partial charge is 0.312 e. The molecule has 0 saturated heterocycles. The summed E-state index contributed by atoms with van der Waals surface area (Å²) in [5.41, 5.74) is 0.851. The van der Waals surface area contributed by atoms with Gasteiger partial charge in [-0.3, -0.25) is 4.68 Å². The Kier molecular flexibility index (Phi) is 5.07. The highest BCUT2D eigenvalue weighted by atomic mass is 32.2. The Morgan fingerprint density at radius 3 is 2.71 bits per heavy atom. The predicted molar refractivity (Wildman–Crippen MR) is 66.4 cm³/mol. The zero-order valence-electron chi connectivity index (χ0n) is 10.5. The molecule has 0 radical (unpaired) electrons. The molecule has 0 fully saturated rings. The van der Waals surface area contributed by atoms with E-state index in [1.54, 1.807) is 11.6 Å². The van der Waals surface area contributed by atoms with Crippen molar-refractivity contribution < 1.29 is 8.42 Å². The summed E-state index contributed by atoms with van der Waals surface area (Å²) >= 11 is 0. The van der Waals surface area contributed by atoms with Crippen LogP contribution in [0.15, 0.2) is 6.20 Å². The van der Waals surface area contributed by atoms with E-state index < -0.39 is 9.84 Å². The smallest absolute Gasteiger partial charge is 0.150 e. The van der Waals surface area contributed by atoms with E-state index in [-0.39, 0.29) is 17.5 Å². The van der Waals surface area contributed by atoms with Crippen LogP contribution in [0.4, 0.5) is 0 Å². The summed E-state index contributed by atoms with van der Waals surface area (Å²) in [6, 6.07) is 0.0655. The number of hydrogen-bond acceptors (Lipinski definition) is 5. The summed E-state index contributed by atoms with van der Waals surface area (Å²) in [6.45, 7) is 1.67. The highest BCUT2D eigenvalue weighted by Crippen LogP contribution is 2.15. The topological polar surface area (TPSA) is 76.9 Å². The Morgan fingerprint density at radius 2 is 2.24 bits per heavy atom. The van der Waals surface area contributed by atoms with Gasteiger partial charge in [0.05, 0.1) is 17.5 Å². The van der Waals surface area contributed by atoms with Crippen LogP contribution in [0, 0.1) is 0 Å².